The molecule has 0 heterocycles. The third-order valence-electron chi connectivity index (χ3n) is 5.11. The first-order chi connectivity index (χ1) is 22.9. The van der Waals surface area contributed by atoms with E-state index in [1.165, 1.54) is 47.0 Å². The third-order valence-corrected chi connectivity index (χ3v) is 8.97. The molecular formula is C32H60O12S4Ti. The number of aliphatic carboxylic acids is 4. The van der Waals surface area contributed by atoms with Gasteiger partial charge in [0.15, 0.2) is 0 Å². The van der Waals surface area contributed by atoms with Crippen LogP contribution in [-0.4, -0.2) is 95.1 Å². The van der Waals surface area contributed by atoms with Gasteiger partial charge in [0.05, 0.1) is 23.9 Å². The number of hydrogen-bond acceptors (Lipinski definition) is 16. The Hall–Kier alpha value is -0.166. The van der Waals surface area contributed by atoms with Gasteiger partial charge in [-0.2, -0.15) is 0 Å². The second kappa shape index (κ2) is 45.9. The predicted octanol–water partition coefficient (Wildman–Crippen LogP) is 2.53. The molecule has 0 rings (SSSR count). The molecule has 12 nitrogen and oxygen atoms in total. The monoisotopic (exact) mass is 812 g/mol. The second-order valence-electron chi connectivity index (χ2n) is 9.32. The molecule has 0 bridgehead atoms. The second-order valence-corrected chi connectivity index (χ2v) is 14.7. The van der Waals surface area contributed by atoms with Crippen LogP contribution < -0.4 is 20.4 Å². The standard InChI is InChI=1S/4C8H16O3S.Ti/c4*1-3-5-6-11-8(7(9)10)12-4-2;/h4*8H,3-6H2,1-2H3,(H,9,10);/q;;;;+4/p-4. The summed E-state index contributed by atoms with van der Waals surface area (Å²) >= 11 is 5.00. The summed E-state index contributed by atoms with van der Waals surface area (Å²) in [5, 5.41) is 41.7. The smallest absolute Gasteiger partial charge is 0.546 e. The Morgan fingerprint density at radius 3 is 0.673 bits per heavy atom. The van der Waals surface area contributed by atoms with Crippen LogP contribution in [0.4, 0.5) is 0 Å². The molecule has 0 N–H and O–H groups in total. The van der Waals surface area contributed by atoms with E-state index >= 15 is 0 Å². The van der Waals surface area contributed by atoms with Crippen LogP contribution in [0.15, 0.2) is 0 Å². The zero-order valence-corrected chi connectivity index (χ0v) is 35.5. The molecule has 0 aliphatic heterocycles. The number of carboxylic acid groups (broad SMARTS) is 4. The number of carboxylic acids is 4. The van der Waals surface area contributed by atoms with Gasteiger partial charge in [0.25, 0.3) is 0 Å². The van der Waals surface area contributed by atoms with Crippen molar-refractivity contribution in [3.63, 3.8) is 0 Å². The first-order valence-corrected chi connectivity index (χ1v) is 20.8. The normalized spacial score (nSPS) is 12.6. The van der Waals surface area contributed by atoms with E-state index in [0.29, 0.717) is 26.4 Å². The van der Waals surface area contributed by atoms with Crippen LogP contribution in [0.2, 0.25) is 0 Å². The number of unbranched alkanes of at least 4 members (excludes halogenated alkanes) is 4. The molecule has 0 saturated carbocycles. The SMILES string of the molecule is CCCCOC(SCC)C(=O)[O-].CCCCOC(SCC)C(=O)[O-].CCCCOC(SCC)C(=O)[O-].CCCCOC(SCC)C(=O)[O-].[Ti+4]. The number of carbonyl (C=O) groups excluding carboxylic acids is 4. The third kappa shape index (κ3) is 43.9. The van der Waals surface area contributed by atoms with Crippen LogP contribution >= 0.6 is 47.0 Å². The quantitative estimate of drug-likeness (QED) is 0.0634. The van der Waals surface area contributed by atoms with E-state index in [1.807, 2.05) is 55.4 Å². The molecule has 49 heavy (non-hydrogen) atoms. The Morgan fingerprint density at radius 1 is 0.408 bits per heavy atom. The molecule has 17 heteroatoms. The summed E-state index contributed by atoms with van der Waals surface area (Å²) in [5.41, 5.74) is -3.16. The van der Waals surface area contributed by atoms with E-state index in [-0.39, 0.29) is 21.7 Å². The van der Waals surface area contributed by atoms with Crippen molar-refractivity contribution >= 4 is 70.9 Å². The van der Waals surface area contributed by atoms with Gasteiger partial charge in [0, 0.05) is 26.4 Å². The average molecular weight is 813 g/mol. The van der Waals surface area contributed by atoms with Crippen molar-refractivity contribution in [1.29, 1.82) is 0 Å². The van der Waals surface area contributed by atoms with E-state index < -0.39 is 45.6 Å². The van der Waals surface area contributed by atoms with Crippen molar-refractivity contribution in [3.05, 3.63) is 0 Å². The molecule has 0 saturated heterocycles. The molecule has 288 valence electrons. The van der Waals surface area contributed by atoms with Gasteiger partial charge in [-0.1, -0.05) is 81.1 Å². The molecule has 0 aromatic heterocycles. The van der Waals surface area contributed by atoms with E-state index in [9.17, 15) is 39.6 Å². The Kier molecular flexibility index (Phi) is 54.4. The molecule has 0 amide bonds. The number of thioether (sulfide) groups is 4. The Bertz CT molecular complexity index is 637. The molecule has 0 fully saturated rings. The van der Waals surface area contributed by atoms with Crippen molar-refractivity contribution in [3.8, 4) is 0 Å². The van der Waals surface area contributed by atoms with Crippen molar-refractivity contribution < 1.29 is 80.3 Å². The van der Waals surface area contributed by atoms with Crippen LogP contribution in [0, 0.1) is 0 Å². The van der Waals surface area contributed by atoms with Gasteiger partial charge >= 0.3 is 21.7 Å². The van der Waals surface area contributed by atoms with Gasteiger partial charge < -0.3 is 58.6 Å². The van der Waals surface area contributed by atoms with Crippen LogP contribution in [0.3, 0.4) is 0 Å². The van der Waals surface area contributed by atoms with Gasteiger partial charge in [0.2, 0.25) is 0 Å². The van der Waals surface area contributed by atoms with Crippen molar-refractivity contribution in [2.24, 2.45) is 0 Å². The number of hydrogen-bond donors (Lipinski definition) is 0. The summed E-state index contributed by atoms with van der Waals surface area (Å²) in [5.74, 6) is -1.60. The minimum Gasteiger partial charge on any atom is -0.546 e. The van der Waals surface area contributed by atoms with Crippen LogP contribution in [0.25, 0.3) is 0 Å². The van der Waals surface area contributed by atoms with E-state index in [0.717, 1.165) is 74.4 Å². The number of rotatable bonds is 28. The Morgan fingerprint density at radius 2 is 0.571 bits per heavy atom. The zero-order valence-electron chi connectivity index (χ0n) is 30.7. The van der Waals surface area contributed by atoms with Crippen LogP contribution in [-0.2, 0) is 59.8 Å². The molecular weight excluding hydrogens is 752 g/mol. The summed E-state index contributed by atoms with van der Waals surface area (Å²) in [6.45, 7) is 17.7. The summed E-state index contributed by atoms with van der Waals surface area (Å²) in [6, 6.07) is 0. The van der Waals surface area contributed by atoms with Crippen molar-refractivity contribution in [1.82, 2.24) is 0 Å². The fraction of sp³-hybridized carbons (Fsp3) is 0.875. The molecule has 0 radical (unpaired) electrons. The molecule has 0 spiro atoms. The Balaban J connectivity index is -0.000000174. The van der Waals surface area contributed by atoms with Gasteiger partial charge in [-0.25, -0.2) is 0 Å². The first-order valence-electron chi connectivity index (χ1n) is 16.6. The van der Waals surface area contributed by atoms with Gasteiger partial charge in [-0.05, 0) is 48.7 Å². The molecule has 0 aromatic carbocycles. The van der Waals surface area contributed by atoms with E-state index in [4.69, 9.17) is 18.9 Å². The molecule has 4 atom stereocenters. The maximum absolute atomic E-state index is 10.4. The molecule has 4 unspecified atom stereocenters. The van der Waals surface area contributed by atoms with Gasteiger partial charge in [0.1, 0.15) is 21.7 Å². The predicted molar refractivity (Wildman–Crippen MR) is 191 cm³/mol. The average Bonchev–Trinajstić information content (AvgIpc) is 3.04. The molecule has 0 aliphatic carbocycles. The summed E-state index contributed by atoms with van der Waals surface area (Å²) in [4.78, 5) is 41.7. The largest absolute Gasteiger partial charge is 4.00 e. The van der Waals surface area contributed by atoms with Gasteiger partial charge in [-0.15, -0.1) is 47.0 Å². The Labute approximate surface area is 327 Å². The maximum atomic E-state index is 10.4. The first kappa shape index (κ1) is 58.2. The minimum atomic E-state index is -1.13. The zero-order chi connectivity index (χ0) is 37.6. The number of carbonyl (C=O) groups is 4. The fourth-order valence-electron chi connectivity index (χ4n) is 2.68. The van der Waals surface area contributed by atoms with Crippen molar-refractivity contribution in [2.75, 3.05) is 49.4 Å². The fourth-order valence-corrected chi connectivity index (χ4v) is 5.21. The topological polar surface area (TPSA) is 197 Å². The summed E-state index contributed by atoms with van der Waals surface area (Å²) in [6.07, 6.45) is 7.63. The van der Waals surface area contributed by atoms with E-state index in [1.54, 1.807) is 0 Å². The molecule has 0 aliphatic rings. The molecule has 0 aromatic rings. The summed E-state index contributed by atoms with van der Waals surface area (Å²) in [7, 11) is 0. The van der Waals surface area contributed by atoms with Crippen molar-refractivity contribution in [2.45, 2.75) is 129 Å². The van der Waals surface area contributed by atoms with Crippen LogP contribution in [0.5, 0.6) is 0 Å². The minimum absolute atomic E-state index is 0. The van der Waals surface area contributed by atoms with Gasteiger partial charge in [-0.3, -0.25) is 0 Å². The summed E-state index contributed by atoms with van der Waals surface area (Å²) < 4.78 is 20.3. The van der Waals surface area contributed by atoms with E-state index in [2.05, 4.69) is 0 Å². The van der Waals surface area contributed by atoms with Crippen LogP contribution in [0.1, 0.15) is 107 Å². The maximum Gasteiger partial charge on any atom is 4.00 e. The number of ether oxygens (including phenoxy) is 4.